The molecule has 208 valence electrons. The Morgan fingerprint density at radius 1 is 0.947 bits per heavy atom. The third-order valence-electron chi connectivity index (χ3n) is 8.13. The van der Waals surface area contributed by atoms with Crippen LogP contribution in [0.5, 0.6) is 0 Å². The molecule has 1 aliphatic carbocycles. The average molecular weight is 531 g/mol. The van der Waals surface area contributed by atoms with Crippen molar-refractivity contribution in [1.82, 2.24) is 4.90 Å². The average Bonchev–Trinajstić information content (AvgIpc) is 2.88. The Balaban J connectivity index is 1.17. The number of carbonyl (C=O) groups is 1. The van der Waals surface area contributed by atoms with Crippen molar-refractivity contribution in [3.05, 3.63) is 64.7 Å². The maximum absolute atomic E-state index is 13.2. The van der Waals surface area contributed by atoms with Crippen LogP contribution in [0.15, 0.2) is 42.5 Å². The van der Waals surface area contributed by atoms with Crippen LogP contribution in [0.1, 0.15) is 87.5 Å². The predicted molar refractivity (Wildman–Crippen MR) is 145 cm³/mol. The molecule has 2 fully saturated rings. The number of alkyl halides is 3. The van der Waals surface area contributed by atoms with Crippen LogP contribution in [0.25, 0.3) is 0 Å². The Labute approximate surface area is 224 Å². The number of nitrogens with one attached hydrogen (secondary N) is 1. The van der Waals surface area contributed by atoms with Gasteiger partial charge in [-0.3, -0.25) is 4.79 Å². The molecule has 7 heteroatoms. The topological polar surface area (TPSA) is 41.6 Å². The van der Waals surface area contributed by atoms with Crippen molar-refractivity contribution in [2.24, 2.45) is 0 Å². The smallest absolute Gasteiger partial charge is 0.382 e. The number of ether oxygens (including phenoxy) is 1. The van der Waals surface area contributed by atoms with Crippen molar-refractivity contribution in [1.29, 1.82) is 0 Å². The lowest BCUT2D eigenvalue weighted by molar-refractivity contribution is -0.140. The number of likely N-dealkylation sites (tertiary alicyclic amines) is 1. The molecule has 2 aromatic rings. The highest BCUT2D eigenvalue weighted by molar-refractivity contribution is 5.77. The molecule has 0 unspecified atom stereocenters. The lowest BCUT2D eigenvalue weighted by Gasteiger charge is -2.34. The van der Waals surface area contributed by atoms with Crippen molar-refractivity contribution < 1.29 is 22.7 Å². The highest BCUT2D eigenvalue weighted by atomic mass is 19.4. The summed E-state index contributed by atoms with van der Waals surface area (Å²) in [6, 6.07) is 13.5. The van der Waals surface area contributed by atoms with Crippen LogP contribution >= 0.6 is 0 Å². The van der Waals surface area contributed by atoms with Gasteiger partial charge in [-0.2, -0.15) is 13.2 Å². The van der Waals surface area contributed by atoms with Gasteiger partial charge < -0.3 is 15.0 Å². The third kappa shape index (κ3) is 7.31. The number of hydrogen-bond acceptors (Lipinski definition) is 3. The molecule has 1 heterocycles. The fourth-order valence-corrected chi connectivity index (χ4v) is 5.62. The zero-order valence-corrected chi connectivity index (χ0v) is 23.0. The summed E-state index contributed by atoms with van der Waals surface area (Å²) < 4.78 is 45.6. The largest absolute Gasteiger partial charge is 0.416 e. The number of hydrogen-bond donors (Lipinski definition) is 1. The first-order chi connectivity index (χ1) is 17.9. The molecule has 4 nitrogen and oxygen atoms in total. The second kappa shape index (κ2) is 11.7. The Kier molecular flexibility index (Phi) is 8.75. The van der Waals surface area contributed by atoms with E-state index in [0.29, 0.717) is 11.6 Å². The summed E-state index contributed by atoms with van der Waals surface area (Å²) in [4.78, 5) is 14.7. The van der Waals surface area contributed by atoms with Crippen LogP contribution < -0.4 is 5.32 Å². The van der Waals surface area contributed by atoms with Gasteiger partial charge in [0.1, 0.15) is 6.61 Å². The van der Waals surface area contributed by atoms with E-state index >= 15 is 0 Å². The molecule has 4 rings (SSSR count). The van der Waals surface area contributed by atoms with Gasteiger partial charge >= 0.3 is 6.18 Å². The van der Waals surface area contributed by atoms with E-state index < -0.39 is 11.7 Å². The van der Waals surface area contributed by atoms with Crippen LogP contribution in [0.2, 0.25) is 0 Å². The van der Waals surface area contributed by atoms with E-state index in [1.807, 2.05) is 4.90 Å². The quantitative estimate of drug-likeness (QED) is 0.422. The van der Waals surface area contributed by atoms with E-state index in [2.05, 4.69) is 50.4 Å². The molecule has 1 aliphatic heterocycles. The maximum Gasteiger partial charge on any atom is 0.416 e. The highest BCUT2D eigenvalue weighted by Gasteiger charge is 2.33. The maximum atomic E-state index is 13.2. The fourth-order valence-electron chi connectivity index (χ4n) is 5.62. The second-order valence-electron chi connectivity index (χ2n) is 12.0. The minimum absolute atomic E-state index is 0.0135. The van der Waals surface area contributed by atoms with Crippen LogP contribution in [-0.2, 0) is 21.1 Å². The van der Waals surface area contributed by atoms with Gasteiger partial charge in [0, 0.05) is 24.8 Å². The van der Waals surface area contributed by atoms with Gasteiger partial charge in [-0.1, -0.05) is 51.1 Å². The number of anilines is 1. The molecule has 1 N–H and O–H groups in total. The third-order valence-corrected chi connectivity index (χ3v) is 8.13. The molecule has 38 heavy (non-hydrogen) atoms. The summed E-state index contributed by atoms with van der Waals surface area (Å²) in [5.41, 5.74) is 2.96. The molecule has 1 amide bonds. The molecule has 1 saturated heterocycles. The number of benzene rings is 2. The minimum atomic E-state index is -4.35. The Hall–Kier alpha value is -2.54. The molecular weight excluding hydrogens is 489 g/mol. The SMILES string of the molecule is Cc1ccc(NC2CCC(OCC(=O)N3CCC(c4ccc(C(C)(C)C)cc4)CC3)CC2)cc1C(F)(F)F. The number of aryl methyl sites for hydroxylation is 1. The summed E-state index contributed by atoms with van der Waals surface area (Å²) in [5.74, 6) is 0.531. The van der Waals surface area contributed by atoms with Gasteiger partial charge in [0.25, 0.3) is 0 Å². The summed E-state index contributed by atoms with van der Waals surface area (Å²) in [5, 5.41) is 3.25. The predicted octanol–water partition coefficient (Wildman–Crippen LogP) is 7.46. The monoisotopic (exact) mass is 530 g/mol. The van der Waals surface area contributed by atoms with Crippen molar-refractivity contribution in [3.8, 4) is 0 Å². The van der Waals surface area contributed by atoms with Crippen LogP contribution in [0.3, 0.4) is 0 Å². The normalized spacial score (nSPS) is 21.4. The van der Waals surface area contributed by atoms with Crippen molar-refractivity contribution in [2.45, 2.75) is 95.9 Å². The van der Waals surface area contributed by atoms with E-state index in [4.69, 9.17) is 4.74 Å². The van der Waals surface area contributed by atoms with Crippen LogP contribution in [0, 0.1) is 6.92 Å². The molecule has 1 saturated carbocycles. The Morgan fingerprint density at radius 3 is 2.16 bits per heavy atom. The lowest BCUT2D eigenvalue weighted by Crippen LogP contribution is -2.41. The number of piperidine rings is 1. The molecule has 0 spiro atoms. The number of rotatable bonds is 6. The van der Waals surface area contributed by atoms with Gasteiger partial charge in [0.2, 0.25) is 5.91 Å². The highest BCUT2D eigenvalue weighted by Crippen LogP contribution is 2.35. The molecule has 0 radical (unpaired) electrons. The van der Waals surface area contributed by atoms with E-state index in [-0.39, 0.29) is 35.6 Å². The van der Waals surface area contributed by atoms with Crippen molar-refractivity contribution in [2.75, 3.05) is 25.0 Å². The van der Waals surface area contributed by atoms with Gasteiger partial charge in [-0.05, 0) is 85.6 Å². The van der Waals surface area contributed by atoms with Gasteiger partial charge in [-0.25, -0.2) is 0 Å². The molecule has 0 aromatic heterocycles. The summed E-state index contributed by atoms with van der Waals surface area (Å²) in [6.07, 6.45) is 0.761. The molecule has 0 bridgehead atoms. The van der Waals surface area contributed by atoms with Gasteiger partial charge in [0.05, 0.1) is 11.7 Å². The van der Waals surface area contributed by atoms with Gasteiger partial charge in [-0.15, -0.1) is 0 Å². The standard InChI is InChI=1S/C31H41F3N2O2/c1-21-5-10-26(19-28(21)31(32,33)34)35-25-11-13-27(14-12-25)38-20-29(37)36-17-15-23(16-18-36)22-6-8-24(9-7-22)30(2,3)4/h5-10,19,23,25,27,35H,11-18,20H2,1-4H3. The van der Waals surface area contributed by atoms with E-state index in [1.165, 1.54) is 30.2 Å². The lowest BCUT2D eigenvalue weighted by atomic mass is 9.84. The van der Waals surface area contributed by atoms with Crippen molar-refractivity contribution in [3.63, 3.8) is 0 Å². The minimum Gasteiger partial charge on any atom is -0.382 e. The van der Waals surface area contributed by atoms with E-state index in [9.17, 15) is 18.0 Å². The molecular formula is C31H41F3N2O2. The number of amides is 1. The Bertz CT molecular complexity index is 1080. The van der Waals surface area contributed by atoms with Crippen LogP contribution in [-0.4, -0.2) is 42.6 Å². The fraction of sp³-hybridized carbons (Fsp3) is 0.581. The van der Waals surface area contributed by atoms with Gasteiger partial charge in [0.15, 0.2) is 0 Å². The Morgan fingerprint density at radius 2 is 1.58 bits per heavy atom. The van der Waals surface area contributed by atoms with E-state index in [0.717, 1.165) is 51.6 Å². The zero-order chi connectivity index (χ0) is 27.5. The zero-order valence-electron chi connectivity index (χ0n) is 23.0. The number of nitrogens with zero attached hydrogens (tertiary/aromatic N) is 1. The van der Waals surface area contributed by atoms with E-state index in [1.54, 1.807) is 6.07 Å². The molecule has 2 aromatic carbocycles. The molecule has 2 aliphatic rings. The summed E-state index contributed by atoms with van der Waals surface area (Å²) >= 11 is 0. The number of carbonyl (C=O) groups excluding carboxylic acids is 1. The first kappa shape index (κ1) is 28.5. The first-order valence-electron chi connectivity index (χ1n) is 13.8. The number of halogens is 3. The first-order valence-corrected chi connectivity index (χ1v) is 13.8. The van der Waals surface area contributed by atoms with Crippen molar-refractivity contribution >= 4 is 11.6 Å². The summed E-state index contributed by atoms with van der Waals surface area (Å²) in [7, 11) is 0. The molecule has 0 atom stereocenters. The summed E-state index contributed by atoms with van der Waals surface area (Å²) in [6.45, 7) is 9.74. The van der Waals surface area contributed by atoms with Crippen LogP contribution in [0.4, 0.5) is 18.9 Å². The second-order valence-corrected chi connectivity index (χ2v) is 12.0.